The Balaban J connectivity index is 2.39. The number of likely N-dealkylation sites (N-methyl/N-ethyl adjacent to an activating group) is 1. The number of benzene rings is 1. The number of hydrogen-bond donors (Lipinski definition) is 3. The molecule has 1 atom stereocenters. The molecule has 0 aliphatic carbocycles. The number of carbonyl (C=O) groups excluding carboxylic acids is 2. The maximum atomic E-state index is 12.0. The number of hydrogen-bond acceptors (Lipinski definition) is 3. The summed E-state index contributed by atoms with van der Waals surface area (Å²) in [5, 5.41) is 5.79. The van der Waals surface area contributed by atoms with Gasteiger partial charge >= 0.3 is 0 Å². The van der Waals surface area contributed by atoms with Crippen LogP contribution in [0.5, 0.6) is 5.75 Å². The average Bonchev–Trinajstić information content (AvgIpc) is 2.52. The average molecular weight is 322 g/mol. The van der Waals surface area contributed by atoms with Gasteiger partial charge in [0.25, 0.3) is 11.8 Å². The van der Waals surface area contributed by atoms with Crippen LogP contribution in [0.1, 0.15) is 26.7 Å². The van der Waals surface area contributed by atoms with Gasteiger partial charge < -0.3 is 20.3 Å². The van der Waals surface area contributed by atoms with Crippen LogP contribution in [-0.2, 0) is 9.59 Å². The van der Waals surface area contributed by atoms with Crippen molar-refractivity contribution in [3.63, 3.8) is 0 Å². The summed E-state index contributed by atoms with van der Waals surface area (Å²) in [6.07, 6.45) is 1.83. The number of nitrogens with one attached hydrogen (secondary N) is 3. The van der Waals surface area contributed by atoms with Crippen LogP contribution in [-0.4, -0.2) is 45.1 Å². The molecule has 0 heterocycles. The van der Waals surface area contributed by atoms with Gasteiger partial charge in [0.15, 0.2) is 13.1 Å². The van der Waals surface area contributed by atoms with Gasteiger partial charge in [0, 0.05) is 11.7 Å². The van der Waals surface area contributed by atoms with Crippen LogP contribution in [0.4, 0.5) is 5.69 Å². The van der Waals surface area contributed by atoms with Gasteiger partial charge in [-0.3, -0.25) is 9.59 Å². The predicted octanol–water partition coefficient (Wildman–Crippen LogP) is 0.453. The van der Waals surface area contributed by atoms with E-state index in [1.807, 2.05) is 20.9 Å². The molecule has 1 rings (SSSR count). The monoisotopic (exact) mass is 322 g/mol. The molecule has 1 unspecified atom stereocenters. The summed E-state index contributed by atoms with van der Waals surface area (Å²) in [6.45, 7) is 4.62. The largest absolute Gasteiger partial charge is 0.497 e. The number of carbonyl (C=O) groups is 2. The third kappa shape index (κ3) is 7.15. The maximum absolute atomic E-state index is 12.0. The third-order valence-corrected chi connectivity index (χ3v) is 3.65. The Hall–Kier alpha value is -2.08. The van der Waals surface area contributed by atoms with E-state index in [4.69, 9.17) is 4.74 Å². The topological polar surface area (TPSA) is 71.9 Å². The van der Waals surface area contributed by atoms with Gasteiger partial charge in [-0.15, -0.1) is 0 Å². The summed E-state index contributed by atoms with van der Waals surface area (Å²) < 4.78 is 5.07. The molecule has 0 aliphatic heterocycles. The number of methoxy groups -OCH3 is 1. The molecule has 128 valence electrons. The van der Waals surface area contributed by atoms with Crippen LogP contribution < -0.4 is 20.3 Å². The Bertz CT molecular complexity index is 498. The maximum Gasteiger partial charge on any atom is 0.279 e. The van der Waals surface area contributed by atoms with E-state index in [2.05, 4.69) is 10.6 Å². The second-order valence-corrected chi connectivity index (χ2v) is 5.67. The number of anilines is 1. The van der Waals surface area contributed by atoms with E-state index in [1.165, 1.54) is 0 Å². The lowest BCUT2D eigenvalue weighted by Gasteiger charge is -2.17. The molecule has 0 aromatic heterocycles. The molecule has 0 aliphatic rings. The SMILES string of the molecule is CCC(CC)NC(=O)C[NH+](C)CC(=O)Nc1ccc(OC)cc1. The summed E-state index contributed by atoms with van der Waals surface area (Å²) in [5.74, 6) is 0.597. The van der Waals surface area contributed by atoms with Crippen molar-refractivity contribution in [2.24, 2.45) is 0 Å². The van der Waals surface area contributed by atoms with Crippen LogP contribution >= 0.6 is 0 Å². The molecule has 0 saturated carbocycles. The lowest BCUT2D eigenvalue weighted by molar-refractivity contribution is -0.862. The normalized spacial score (nSPS) is 11.9. The zero-order valence-corrected chi connectivity index (χ0v) is 14.4. The standard InChI is InChI=1S/C17H27N3O3/c1-5-13(6-2)18-16(21)11-20(3)12-17(22)19-14-7-9-15(23-4)10-8-14/h7-10,13H,5-6,11-12H2,1-4H3,(H,18,21)(H,19,22)/p+1. The van der Waals surface area contributed by atoms with E-state index in [1.54, 1.807) is 31.4 Å². The zero-order valence-electron chi connectivity index (χ0n) is 14.4. The van der Waals surface area contributed by atoms with Crippen molar-refractivity contribution in [2.75, 3.05) is 32.6 Å². The van der Waals surface area contributed by atoms with E-state index >= 15 is 0 Å². The highest BCUT2D eigenvalue weighted by molar-refractivity contribution is 5.91. The summed E-state index contributed by atoms with van der Waals surface area (Å²) in [6, 6.07) is 7.35. The first-order chi connectivity index (χ1) is 11.0. The van der Waals surface area contributed by atoms with Crippen LogP contribution in [0.25, 0.3) is 0 Å². The van der Waals surface area contributed by atoms with Gasteiger partial charge in [0.1, 0.15) is 5.75 Å². The lowest BCUT2D eigenvalue weighted by atomic mass is 10.2. The predicted molar refractivity (Wildman–Crippen MR) is 90.8 cm³/mol. The van der Waals surface area contributed by atoms with Crippen molar-refractivity contribution < 1.29 is 19.2 Å². The lowest BCUT2D eigenvalue weighted by Crippen LogP contribution is -3.11. The van der Waals surface area contributed by atoms with E-state index in [0.717, 1.165) is 23.5 Å². The second-order valence-electron chi connectivity index (χ2n) is 5.67. The smallest absolute Gasteiger partial charge is 0.279 e. The number of quaternary nitrogens is 1. The van der Waals surface area contributed by atoms with Crippen LogP contribution in [0.3, 0.4) is 0 Å². The summed E-state index contributed by atoms with van der Waals surface area (Å²) in [7, 11) is 3.43. The van der Waals surface area contributed by atoms with Gasteiger partial charge in [-0.1, -0.05) is 13.8 Å². The summed E-state index contributed by atoms with van der Waals surface area (Å²) in [4.78, 5) is 24.8. The summed E-state index contributed by atoms with van der Waals surface area (Å²) in [5.41, 5.74) is 0.713. The van der Waals surface area contributed by atoms with Gasteiger partial charge in [-0.05, 0) is 37.1 Å². The molecule has 0 radical (unpaired) electrons. The Morgan fingerprint density at radius 3 is 2.17 bits per heavy atom. The van der Waals surface area contributed by atoms with Gasteiger partial charge in [0.05, 0.1) is 14.2 Å². The molecule has 6 heteroatoms. The van der Waals surface area contributed by atoms with Crippen molar-refractivity contribution in [1.29, 1.82) is 0 Å². The summed E-state index contributed by atoms with van der Waals surface area (Å²) >= 11 is 0. The minimum Gasteiger partial charge on any atom is -0.497 e. The molecule has 0 bridgehead atoms. The molecule has 0 saturated heterocycles. The fourth-order valence-electron chi connectivity index (χ4n) is 2.26. The molecular formula is C17H28N3O3+. The fourth-order valence-corrected chi connectivity index (χ4v) is 2.26. The molecule has 0 fully saturated rings. The molecular weight excluding hydrogens is 294 g/mol. The number of amides is 2. The highest BCUT2D eigenvalue weighted by atomic mass is 16.5. The first-order valence-corrected chi connectivity index (χ1v) is 8.03. The Morgan fingerprint density at radius 1 is 1.09 bits per heavy atom. The first-order valence-electron chi connectivity index (χ1n) is 8.03. The molecule has 3 N–H and O–H groups in total. The van der Waals surface area contributed by atoms with Crippen molar-refractivity contribution in [3.05, 3.63) is 24.3 Å². The highest BCUT2D eigenvalue weighted by Gasteiger charge is 2.16. The fraction of sp³-hybridized carbons (Fsp3) is 0.529. The minimum atomic E-state index is -0.122. The van der Waals surface area contributed by atoms with Crippen molar-refractivity contribution >= 4 is 17.5 Å². The first kappa shape index (κ1) is 19.0. The number of rotatable bonds is 9. The van der Waals surface area contributed by atoms with E-state index < -0.39 is 0 Å². The van der Waals surface area contributed by atoms with Crippen molar-refractivity contribution in [3.8, 4) is 5.75 Å². The second kappa shape index (κ2) is 9.84. The van der Waals surface area contributed by atoms with Gasteiger partial charge in [-0.25, -0.2) is 0 Å². The van der Waals surface area contributed by atoms with Gasteiger partial charge in [-0.2, -0.15) is 0 Å². The van der Waals surface area contributed by atoms with E-state index in [9.17, 15) is 9.59 Å². The molecule has 6 nitrogen and oxygen atoms in total. The Kier molecular flexibility index (Phi) is 8.11. The van der Waals surface area contributed by atoms with E-state index in [0.29, 0.717) is 5.69 Å². The van der Waals surface area contributed by atoms with Gasteiger partial charge in [0.2, 0.25) is 0 Å². The molecule has 1 aromatic carbocycles. The third-order valence-electron chi connectivity index (χ3n) is 3.65. The quantitative estimate of drug-likeness (QED) is 0.618. The van der Waals surface area contributed by atoms with Crippen molar-refractivity contribution in [1.82, 2.24) is 5.32 Å². The minimum absolute atomic E-state index is 0.0200. The molecule has 2 amide bonds. The molecule has 1 aromatic rings. The van der Waals surface area contributed by atoms with Crippen LogP contribution in [0, 0.1) is 0 Å². The molecule has 23 heavy (non-hydrogen) atoms. The van der Waals surface area contributed by atoms with E-state index in [-0.39, 0.29) is 30.9 Å². The Morgan fingerprint density at radius 2 is 1.65 bits per heavy atom. The zero-order chi connectivity index (χ0) is 17.2. The van der Waals surface area contributed by atoms with Crippen LogP contribution in [0.2, 0.25) is 0 Å². The van der Waals surface area contributed by atoms with Crippen molar-refractivity contribution in [2.45, 2.75) is 32.7 Å². The molecule has 0 spiro atoms. The highest BCUT2D eigenvalue weighted by Crippen LogP contribution is 2.14. The Labute approximate surface area is 138 Å². The number of ether oxygens (including phenoxy) is 1. The van der Waals surface area contributed by atoms with Crippen LogP contribution in [0.15, 0.2) is 24.3 Å².